The Labute approximate surface area is 83.8 Å². The van der Waals surface area contributed by atoms with Gasteiger partial charge in [0.25, 0.3) is 0 Å². The van der Waals surface area contributed by atoms with Crippen LogP contribution < -0.4 is 10.6 Å². The summed E-state index contributed by atoms with van der Waals surface area (Å²) in [6, 6.07) is -0.181. The summed E-state index contributed by atoms with van der Waals surface area (Å²) >= 11 is 0. The molecule has 1 rings (SSSR count). The Morgan fingerprint density at radius 2 is 2.57 bits per heavy atom. The highest BCUT2D eigenvalue weighted by molar-refractivity contribution is 5.76. The Hall–Kier alpha value is -0.650. The van der Waals surface area contributed by atoms with Crippen LogP contribution >= 0.6 is 0 Å². The van der Waals surface area contributed by atoms with Crippen molar-refractivity contribution in [3.05, 3.63) is 0 Å². The molecule has 1 aliphatic heterocycles. The first-order valence-electron chi connectivity index (χ1n) is 4.95. The minimum atomic E-state index is -0.181. The Balaban J connectivity index is 2.18. The summed E-state index contributed by atoms with van der Waals surface area (Å²) in [5.41, 5.74) is 0. The second-order valence-corrected chi connectivity index (χ2v) is 3.55. The van der Waals surface area contributed by atoms with Crippen LogP contribution in [0.4, 0.5) is 0 Å². The monoisotopic (exact) mass is 202 g/mol. The Bertz CT molecular complexity index is 181. The molecule has 3 N–H and O–H groups in total. The van der Waals surface area contributed by atoms with Crippen LogP contribution in [0.3, 0.4) is 0 Å². The van der Waals surface area contributed by atoms with Gasteiger partial charge in [0.15, 0.2) is 0 Å². The van der Waals surface area contributed by atoms with Crippen molar-refractivity contribution in [1.29, 1.82) is 0 Å². The van der Waals surface area contributed by atoms with Gasteiger partial charge in [-0.15, -0.1) is 0 Å². The van der Waals surface area contributed by atoms with Gasteiger partial charge < -0.3 is 20.5 Å². The fourth-order valence-electron chi connectivity index (χ4n) is 1.34. The van der Waals surface area contributed by atoms with Gasteiger partial charge in [0.1, 0.15) is 0 Å². The lowest BCUT2D eigenvalue weighted by atomic mass is 10.2. The van der Waals surface area contributed by atoms with Crippen molar-refractivity contribution >= 4 is 5.91 Å². The van der Waals surface area contributed by atoms with Crippen LogP contribution in [-0.4, -0.2) is 49.5 Å². The minimum Gasteiger partial charge on any atom is -0.394 e. The molecule has 2 atom stereocenters. The molecular formula is C9H18N2O3. The van der Waals surface area contributed by atoms with Gasteiger partial charge in [-0.05, 0) is 6.92 Å². The lowest BCUT2D eigenvalue weighted by Crippen LogP contribution is -2.43. The molecule has 0 aromatic rings. The lowest BCUT2D eigenvalue weighted by molar-refractivity contribution is -0.125. The molecule has 1 amide bonds. The van der Waals surface area contributed by atoms with Crippen LogP contribution in [0.1, 0.15) is 13.3 Å². The minimum absolute atomic E-state index is 0.0322. The SMILES string of the molecule is C[C@@H](CO)NC(=O)CC1CNCCO1. The molecule has 1 fully saturated rings. The fraction of sp³-hybridized carbons (Fsp3) is 0.889. The van der Waals surface area contributed by atoms with Gasteiger partial charge >= 0.3 is 0 Å². The van der Waals surface area contributed by atoms with Crippen LogP contribution in [0, 0.1) is 0 Å². The normalized spacial score (nSPS) is 24.3. The molecule has 0 aromatic heterocycles. The van der Waals surface area contributed by atoms with E-state index < -0.39 is 0 Å². The lowest BCUT2D eigenvalue weighted by Gasteiger charge is -2.23. The smallest absolute Gasteiger partial charge is 0.222 e. The second-order valence-electron chi connectivity index (χ2n) is 3.55. The average Bonchev–Trinajstić information content (AvgIpc) is 2.19. The molecule has 0 saturated carbocycles. The van der Waals surface area contributed by atoms with Crippen LogP contribution in [0.15, 0.2) is 0 Å². The molecule has 5 nitrogen and oxygen atoms in total. The largest absolute Gasteiger partial charge is 0.394 e. The number of hydrogen-bond donors (Lipinski definition) is 3. The number of aliphatic hydroxyl groups is 1. The highest BCUT2D eigenvalue weighted by atomic mass is 16.5. The number of amides is 1. The molecule has 1 aliphatic rings. The number of nitrogens with one attached hydrogen (secondary N) is 2. The third-order valence-electron chi connectivity index (χ3n) is 2.10. The van der Waals surface area contributed by atoms with Gasteiger partial charge in [-0.25, -0.2) is 0 Å². The van der Waals surface area contributed by atoms with Gasteiger partial charge in [-0.1, -0.05) is 0 Å². The van der Waals surface area contributed by atoms with Crippen molar-refractivity contribution in [3.63, 3.8) is 0 Å². The highest BCUT2D eigenvalue weighted by Gasteiger charge is 2.17. The predicted molar refractivity (Wildman–Crippen MR) is 51.9 cm³/mol. The summed E-state index contributed by atoms with van der Waals surface area (Å²) in [7, 11) is 0. The molecule has 1 heterocycles. The average molecular weight is 202 g/mol. The number of carbonyl (C=O) groups excluding carboxylic acids is 1. The molecule has 1 saturated heterocycles. The van der Waals surface area contributed by atoms with Crippen LogP contribution in [-0.2, 0) is 9.53 Å². The van der Waals surface area contributed by atoms with Gasteiger partial charge in [-0.2, -0.15) is 0 Å². The maximum Gasteiger partial charge on any atom is 0.222 e. The summed E-state index contributed by atoms with van der Waals surface area (Å²) in [4.78, 5) is 11.4. The number of morpholine rings is 1. The molecule has 0 aromatic carbocycles. The predicted octanol–water partition coefficient (Wildman–Crippen LogP) is -1.14. The summed E-state index contributed by atoms with van der Waals surface area (Å²) in [5, 5.41) is 14.6. The van der Waals surface area contributed by atoms with E-state index in [1.54, 1.807) is 6.92 Å². The zero-order chi connectivity index (χ0) is 10.4. The maximum atomic E-state index is 11.4. The third-order valence-corrected chi connectivity index (χ3v) is 2.10. The first kappa shape index (κ1) is 11.4. The maximum absolute atomic E-state index is 11.4. The Kier molecular flexibility index (Phi) is 4.86. The first-order valence-corrected chi connectivity index (χ1v) is 4.95. The van der Waals surface area contributed by atoms with E-state index in [1.807, 2.05) is 0 Å². The molecule has 14 heavy (non-hydrogen) atoms. The van der Waals surface area contributed by atoms with Crippen LogP contribution in [0.2, 0.25) is 0 Å². The van der Waals surface area contributed by atoms with E-state index >= 15 is 0 Å². The van der Waals surface area contributed by atoms with Gasteiger partial charge in [0.2, 0.25) is 5.91 Å². The molecule has 82 valence electrons. The van der Waals surface area contributed by atoms with Crippen molar-refractivity contribution < 1.29 is 14.6 Å². The number of ether oxygens (including phenoxy) is 1. The van der Waals surface area contributed by atoms with Gasteiger partial charge in [0, 0.05) is 19.1 Å². The highest BCUT2D eigenvalue weighted by Crippen LogP contribution is 2.01. The molecule has 1 unspecified atom stereocenters. The summed E-state index contributed by atoms with van der Waals surface area (Å²) in [5.74, 6) is -0.0692. The standard InChI is InChI=1S/C9H18N2O3/c1-7(6-12)11-9(13)4-8-5-10-2-3-14-8/h7-8,10,12H,2-6H2,1H3,(H,11,13)/t7-,8?/m0/s1. The third kappa shape index (κ3) is 4.04. The fourth-order valence-corrected chi connectivity index (χ4v) is 1.34. The number of rotatable bonds is 4. The number of carbonyl (C=O) groups is 1. The first-order chi connectivity index (χ1) is 6.72. The molecular weight excluding hydrogens is 184 g/mol. The van der Waals surface area contributed by atoms with Crippen LogP contribution in [0.5, 0.6) is 0 Å². The number of aliphatic hydroxyl groups excluding tert-OH is 1. The zero-order valence-electron chi connectivity index (χ0n) is 8.45. The van der Waals surface area contributed by atoms with Crippen molar-refractivity contribution in [2.75, 3.05) is 26.3 Å². The topological polar surface area (TPSA) is 70.6 Å². The second kappa shape index (κ2) is 5.95. The molecule has 0 radical (unpaired) electrons. The van der Waals surface area contributed by atoms with E-state index in [-0.39, 0.29) is 24.7 Å². The number of hydrogen-bond acceptors (Lipinski definition) is 4. The summed E-state index contributed by atoms with van der Waals surface area (Å²) in [6.07, 6.45) is 0.326. The van der Waals surface area contributed by atoms with Gasteiger partial charge in [0.05, 0.1) is 25.7 Å². The summed E-state index contributed by atoms with van der Waals surface area (Å²) < 4.78 is 5.38. The van der Waals surface area contributed by atoms with E-state index in [2.05, 4.69) is 10.6 Å². The Morgan fingerprint density at radius 3 is 3.14 bits per heavy atom. The molecule has 0 bridgehead atoms. The summed E-state index contributed by atoms with van der Waals surface area (Å²) in [6.45, 7) is 3.97. The van der Waals surface area contributed by atoms with Crippen molar-refractivity contribution in [1.82, 2.24) is 10.6 Å². The van der Waals surface area contributed by atoms with Crippen LogP contribution in [0.25, 0.3) is 0 Å². The van der Waals surface area contributed by atoms with E-state index in [1.165, 1.54) is 0 Å². The van der Waals surface area contributed by atoms with E-state index in [4.69, 9.17) is 9.84 Å². The molecule has 0 aliphatic carbocycles. The van der Waals surface area contributed by atoms with Gasteiger partial charge in [-0.3, -0.25) is 4.79 Å². The van der Waals surface area contributed by atoms with Crippen molar-refractivity contribution in [3.8, 4) is 0 Å². The van der Waals surface area contributed by atoms with E-state index in [9.17, 15) is 4.79 Å². The van der Waals surface area contributed by atoms with Crippen molar-refractivity contribution in [2.24, 2.45) is 0 Å². The van der Waals surface area contributed by atoms with Crippen molar-refractivity contribution in [2.45, 2.75) is 25.5 Å². The quantitative estimate of drug-likeness (QED) is 0.539. The molecule has 5 heteroatoms. The zero-order valence-corrected chi connectivity index (χ0v) is 8.45. The Morgan fingerprint density at radius 1 is 1.79 bits per heavy atom. The van der Waals surface area contributed by atoms with E-state index in [0.29, 0.717) is 13.0 Å². The van der Waals surface area contributed by atoms with E-state index in [0.717, 1.165) is 13.1 Å². The molecule has 0 spiro atoms.